The van der Waals surface area contributed by atoms with Gasteiger partial charge < -0.3 is 15.2 Å². The third kappa shape index (κ3) is 2.96. The van der Waals surface area contributed by atoms with Gasteiger partial charge in [0.05, 0.1) is 13.2 Å². The van der Waals surface area contributed by atoms with Crippen LogP contribution in [0.2, 0.25) is 0 Å². The number of hydrogen-bond donors (Lipinski definition) is 2. The average Bonchev–Trinajstić information content (AvgIpc) is 2.66. The number of methoxy groups -OCH3 is 1. The maximum absolute atomic E-state index is 10.4. The molecule has 1 saturated heterocycles. The molecule has 1 aliphatic rings. The van der Waals surface area contributed by atoms with Gasteiger partial charge in [0, 0.05) is 24.0 Å². The Hall–Kier alpha value is -1.13. The number of nitrogens with zero attached hydrogens (tertiary/aromatic N) is 1. The summed E-state index contributed by atoms with van der Waals surface area (Å²) in [5.74, 6) is 0.707. The molecule has 0 radical (unpaired) electrons. The van der Waals surface area contributed by atoms with Crippen molar-refractivity contribution in [2.24, 2.45) is 0 Å². The molecule has 0 bridgehead atoms. The minimum absolute atomic E-state index is 0.107. The Morgan fingerprint density at radius 2 is 2.35 bits per heavy atom. The second kappa shape index (κ2) is 5.98. The van der Waals surface area contributed by atoms with Gasteiger partial charge in [-0.3, -0.25) is 4.98 Å². The van der Waals surface area contributed by atoms with Crippen LogP contribution in [0.3, 0.4) is 0 Å². The molecular weight excluding hydrogens is 216 g/mol. The van der Waals surface area contributed by atoms with Crippen LogP contribution in [-0.4, -0.2) is 29.8 Å². The van der Waals surface area contributed by atoms with E-state index < -0.39 is 6.10 Å². The molecule has 0 aromatic carbocycles. The molecule has 2 atom stereocenters. The maximum Gasteiger partial charge on any atom is 0.127 e. The lowest BCUT2D eigenvalue weighted by molar-refractivity contribution is 0.123. The molecule has 4 nitrogen and oxygen atoms in total. The molecule has 0 spiro atoms. The highest BCUT2D eigenvalue weighted by atomic mass is 16.5. The Bertz CT molecular complexity index is 349. The van der Waals surface area contributed by atoms with E-state index in [0.717, 1.165) is 24.9 Å². The van der Waals surface area contributed by atoms with Crippen LogP contribution in [0.25, 0.3) is 0 Å². The Kier molecular flexibility index (Phi) is 4.34. The zero-order valence-electron chi connectivity index (χ0n) is 10.2. The monoisotopic (exact) mass is 236 g/mol. The summed E-state index contributed by atoms with van der Waals surface area (Å²) in [6, 6.07) is 1.89. The summed E-state index contributed by atoms with van der Waals surface area (Å²) in [4.78, 5) is 4.06. The van der Waals surface area contributed by atoms with Crippen LogP contribution in [0.15, 0.2) is 18.5 Å². The lowest BCUT2D eigenvalue weighted by Gasteiger charge is -2.23. The summed E-state index contributed by atoms with van der Waals surface area (Å²) < 4.78 is 5.26. The van der Waals surface area contributed by atoms with Gasteiger partial charge in [0.15, 0.2) is 0 Å². The minimum Gasteiger partial charge on any atom is -0.496 e. The quantitative estimate of drug-likeness (QED) is 0.838. The summed E-state index contributed by atoms with van der Waals surface area (Å²) >= 11 is 0. The number of pyridine rings is 1. The van der Waals surface area contributed by atoms with Crippen molar-refractivity contribution in [3.63, 3.8) is 0 Å². The minimum atomic E-state index is -0.545. The normalized spacial score (nSPS) is 22.8. The molecule has 1 fully saturated rings. The van der Waals surface area contributed by atoms with Crippen LogP contribution in [0.5, 0.6) is 5.75 Å². The van der Waals surface area contributed by atoms with Crippen molar-refractivity contribution < 1.29 is 9.84 Å². The van der Waals surface area contributed by atoms with E-state index in [1.54, 1.807) is 25.6 Å². The fourth-order valence-electron chi connectivity index (χ4n) is 2.34. The summed E-state index contributed by atoms with van der Waals surface area (Å²) in [7, 11) is 1.62. The summed E-state index contributed by atoms with van der Waals surface area (Å²) in [6.07, 6.45) is 7.41. The van der Waals surface area contributed by atoms with Gasteiger partial charge in [0.2, 0.25) is 0 Å². The lowest BCUT2D eigenvalue weighted by Crippen LogP contribution is -2.34. The molecule has 0 amide bonds. The predicted octanol–water partition coefficient (Wildman–Crippen LogP) is 1.66. The van der Waals surface area contributed by atoms with Gasteiger partial charge in [-0.05, 0) is 25.5 Å². The van der Waals surface area contributed by atoms with Gasteiger partial charge in [-0.1, -0.05) is 12.8 Å². The van der Waals surface area contributed by atoms with Crippen molar-refractivity contribution in [3.05, 3.63) is 24.0 Å². The number of rotatable bonds is 3. The highest BCUT2D eigenvalue weighted by Gasteiger charge is 2.24. The Morgan fingerprint density at radius 3 is 3.18 bits per heavy atom. The van der Waals surface area contributed by atoms with Gasteiger partial charge in [-0.2, -0.15) is 0 Å². The highest BCUT2D eigenvalue weighted by Crippen LogP contribution is 2.28. The van der Waals surface area contributed by atoms with Crippen molar-refractivity contribution in [2.45, 2.75) is 37.8 Å². The van der Waals surface area contributed by atoms with E-state index in [-0.39, 0.29) is 6.04 Å². The second-order valence-electron chi connectivity index (χ2n) is 4.47. The van der Waals surface area contributed by atoms with Gasteiger partial charge in [-0.25, -0.2) is 0 Å². The van der Waals surface area contributed by atoms with E-state index in [9.17, 15) is 5.11 Å². The van der Waals surface area contributed by atoms with E-state index in [2.05, 4.69) is 10.3 Å². The zero-order valence-corrected chi connectivity index (χ0v) is 10.2. The van der Waals surface area contributed by atoms with Gasteiger partial charge in [0.25, 0.3) is 0 Å². The first-order chi connectivity index (χ1) is 8.33. The SMILES string of the molecule is COc1ccncc1C(O)[C@@H]1CCCCCN1. The Morgan fingerprint density at radius 1 is 1.47 bits per heavy atom. The van der Waals surface area contributed by atoms with E-state index in [4.69, 9.17) is 4.74 Å². The first-order valence-electron chi connectivity index (χ1n) is 6.22. The van der Waals surface area contributed by atoms with Crippen LogP contribution in [0.1, 0.15) is 37.4 Å². The molecule has 0 aliphatic carbocycles. The molecule has 2 rings (SSSR count). The van der Waals surface area contributed by atoms with Crippen LogP contribution in [-0.2, 0) is 0 Å². The predicted molar refractivity (Wildman–Crippen MR) is 66.0 cm³/mol. The number of hydrogen-bond acceptors (Lipinski definition) is 4. The topological polar surface area (TPSA) is 54.4 Å². The lowest BCUT2D eigenvalue weighted by atomic mass is 9.99. The van der Waals surface area contributed by atoms with Crippen LogP contribution in [0, 0.1) is 0 Å². The average molecular weight is 236 g/mol. The van der Waals surface area contributed by atoms with Gasteiger partial charge >= 0.3 is 0 Å². The molecule has 2 heterocycles. The third-order valence-corrected chi connectivity index (χ3v) is 3.33. The van der Waals surface area contributed by atoms with E-state index >= 15 is 0 Å². The molecule has 4 heteroatoms. The second-order valence-corrected chi connectivity index (χ2v) is 4.47. The van der Waals surface area contributed by atoms with Gasteiger partial charge in [0.1, 0.15) is 5.75 Å². The largest absolute Gasteiger partial charge is 0.496 e. The smallest absolute Gasteiger partial charge is 0.127 e. The first-order valence-corrected chi connectivity index (χ1v) is 6.22. The molecule has 2 N–H and O–H groups in total. The number of nitrogens with one attached hydrogen (secondary N) is 1. The van der Waals surface area contributed by atoms with Crippen LogP contribution < -0.4 is 10.1 Å². The van der Waals surface area contributed by atoms with Crippen LogP contribution >= 0.6 is 0 Å². The van der Waals surface area contributed by atoms with Crippen LogP contribution in [0.4, 0.5) is 0 Å². The number of aromatic nitrogens is 1. The fourth-order valence-corrected chi connectivity index (χ4v) is 2.34. The molecule has 1 unspecified atom stereocenters. The van der Waals surface area contributed by atoms with E-state index in [0.29, 0.717) is 5.75 Å². The molecule has 1 aliphatic heterocycles. The van der Waals surface area contributed by atoms with Gasteiger partial charge in [-0.15, -0.1) is 0 Å². The zero-order chi connectivity index (χ0) is 12.1. The number of aliphatic hydroxyl groups is 1. The van der Waals surface area contributed by atoms with Crippen molar-refractivity contribution in [1.29, 1.82) is 0 Å². The van der Waals surface area contributed by atoms with Crippen molar-refractivity contribution in [1.82, 2.24) is 10.3 Å². The van der Waals surface area contributed by atoms with Crippen molar-refractivity contribution >= 4 is 0 Å². The summed E-state index contributed by atoms with van der Waals surface area (Å²) in [5, 5.41) is 13.8. The Labute approximate surface area is 102 Å². The van der Waals surface area contributed by atoms with E-state index in [1.807, 2.05) is 0 Å². The summed E-state index contributed by atoms with van der Waals surface area (Å²) in [5.41, 5.74) is 0.773. The number of aliphatic hydroxyl groups excluding tert-OH is 1. The molecular formula is C13H20N2O2. The first kappa shape index (κ1) is 12.3. The van der Waals surface area contributed by atoms with Crippen molar-refractivity contribution in [3.8, 4) is 5.75 Å². The molecule has 0 saturated carbocycles. The molecule has 1 aromatic heterocycles. The Balaban J connectivity index is 2.14. The molecule has 17 heavy (non-hydrogen) atoms. The standard InChI is InChI=1S/C13H20N2O2/c1-17-12-6-8-14-9-10(12)13(16)11-5-3-2-4-7-15-11/h6,8-9,11,13,15-16H,2-5,7H2,1H3/t11-,13?/m0/s1. The fraction of sp³-hybridized carbons (Fsp3) is 0.615. The number of ether oxygens (including phenoxy) is 1. The molecule has 1 aromatic rings. The van der Waals surface area contributed by atoms with E-state index in [1.165, 1.54) is 12.8 Å². The third-order valence-electron chi connectivity index (χ3n) is 3.33. The highest BCUT2D eigenvalue weighted by molar-refractivity contribution is 5.32. The molecule has 94 valence electrons. The summed E-state index contributed by atoms with van der Waals surface area (Å²) in [6.45, 7) is 0.976. The van der Waals surface area contributed by atoms with Crippen molar-refractivity contribution in [2.75, 3.05) is 13.7 Å². The maximum atomic E-state index is 10.4.